The zero-order valence-corrected chi connectivity index (χ0v) is 20.3. The molecule has 0 heterocycles. The lowest BCUT2D eigenvalue weighted by Gasteiger charge is -2.42. The molecular formula is C24H33IOSi. The first-order valence-electron chi connectivity index (χ1n) is 9.75. The average Bonchev–Trinajstić information content (AvgIpc) is 2.61. The van der Waals surface area contributed by atoms with Crippen LogP contribution in [0.15, 0.2) is 70.8 Å². The monoisotopic (exact) mass is 492 g/mol. The highest BCUT2D eigenvalue weighted by molar-refractivity contribution is 14.1. The maximum Gasteiger partial charge on any atom is 0.258 e. The number of allylic oxidation sites excluding steroid dienone is 1. The summed E-state index contributed by atoms with van der Waals surface area (Å²) in [6, 6.07) is 20.6. The second-order valence-corrected chi connectivity index (χ2v) is 14.5. The Kier molecular flexibility index (Phi) is 7.51. The van der Waals surface area contributed by atoms with E-state index in [1.165, 1.54) is 3.58 Å². The van der Waals surface area contributed by atoms with Crippen LogP contribution in [-0.2, 0) is 0 Å². The number of benzene rings is 2. The number of hydrogen-bond acceptors (Lipinski definition) is 1. The normalized spacial score (nSPS) is 12.8. The largest absolute Gasteiger partial charge is 0.424 e. The summed E-state index contributed by atoms with van der Waals surface area (Å²) < 4.78 is 1.22. The minimum absolute atomic E-state index is 0.160. The second kappa shape index (κ2) is 9.06. The van der Waals surface area contributed by atoms with Crippen molar-refractivity contribution in [3.05, 3.63) is 70.8 Å². The quantitative estimate of drug-likeness (QED) is 0.334. The fourth-order valence-corrected chi connectivity index (χ4v) is 8.92. The van der Waals surface area contributed by atoms with E-state index in [1.54, 1.807) is 0 Å². The predicted molar refractivity (Wildman–Crippen MR) is 130 cm³/mol. The molecule has 3 heteroatoms. The van der Waals surface area contributed by atoms with E-state index in [1.807, 2.05) is 36.4 Å². The minimum Gasteiger partial charge on any atom is -0.424 e. The summed E-state index contributed by atoms with van der Waals surface area (Å²) in [6.07, 6.45) is 4.31. The van der Waals surface area contributed by atoms with Gasteiger partial charge in [-0.05, 0) is 66.3 Å². The van der Waals surface area contributed by atoms with Gasteiger partial charge < -0.3 is 4.80 Å². The van der Waals surface area contributed by atoms with Gasteiger partial charge in [0.1, 0.15) is 0 Å². The Morgan fingerprint density at radius 1 is 0.889 bits per heavy atom. The molecule has 0 fully saturated rings. The van der Waals surface area contributed by atoms with Crippen LogP contribution in [-0.4, -0.2) is 13.1 Å². The van der Waals surface area contributed by atoms with Crippen LogP contribution in [0, 0.1) is 5.41 Å². The van der Waals surface area contributed by atoms with Gasteiger partial charge in [0.05, 0.1) is 0 Å². The molecule has 0 amide bonds. The van der Waals surface area contributed by atoms with E-state index in [2.05, 4.69) is 81.1 Å². The average molecular weight is 493 g/mol. The van der Waals surface area contributed by atoms with E-state index in [-0.39, 0.29) is 10.5 Å². The van der Waals surface area contributed by atoms with E-state index in [4.69, 9.17) is 0 Å². The highest BCUT2D eigenvalue weighted by Crippen LogP contribution is 2.42. The van der Waals surface area contributed by atoms with E-state index in [0.717, 1.165) is 36.1 Å². The molecule has 1 nitrogen and oxygen atoms in total. The second-order valence-electron chi connectivity index (χ2n) is 9.04. The molecule has 27 heavy (non-hydrogen) atoms. The predicted octanol–water partition coefficient (Wildman–Crippen LogP) is 6.05. The van der Waals surface area contributed by atoms with Gasteiger partial charge in [0, 0.05) is 0 Å². The summed E-state index contributed by atoms with van der Waals surface area (Å²) in [7, 11) is -2.88. The third-order valence-electron chi connectivity index (χ3n) is 5.69. The van der Waals surface area contributed by atoms with Crippen molar-refractivity contribution in [2.24, 2.45) is 5.41 Å². The third-order valence-corrected chi connectivity index (χ3v) is 10.6. The lowest BCUT2D eigenvalue weighted by atomic mass is 9.83. The Morgan fingerprint density at radius 2 is 1.33 bits per heavy atom. The highest BCUT2D eigenvalue weighted by Gasteiger charge is 2.49. The van der Waals surface area contributed by atoms with E-state index < -0.39 is 8.32 Å². The molecule has 0 saturated heterocycles. The summed E-state index contributed by atoms with van der Waals surface area (Å²) in [5.74, 6) is 0. The molecule has 0 aliphatic rings. The van der Waals surface area contributed by atoms with Crippen molar-refractivity contribution in [1.29, 1.82) is 0 Å². The van der Waals surface area contributed by atoms with Crippen LogP contribution in [0.3, 0.4) is 0 Å². The van der Waals surface area contributed by atoms with Crippen molar-refractivity contribution in [2.45, 2.75) is 58.4 Å². The van der Waals surface area contributed by atoms with Crippen LogP contribution in [0.5, 0.6) is 0 Å². The van der Waals surface area contributed by atoms with Crippen molar-refractivity contribution in [3.8, 4) is 0 Å². The molecule has 1 N–H and O–H groups in total. The lowest BCUT2D eigenvalue weighted by molar-refractivity contribution is 0.312. The van der Waals surface area contributed by atoms with Gasteiger partial charge in [-0.3, -0.25) is 0 Å². The van der Waals surface area contributed by atoms with Crippen LogP contribution in [0.2, 0.25) is 5.04 Å². The van der Waals surface area contributed by atoms with Gasteiger partial charge in [-0.2, -0.15) is 0 Å². The molecule has 146 valence electrons. The summed E-state index contributed by atoms with van der Waals surface area (Å²) >= 11 is 2.34. The Labute approximate surface area is 180 Å². The van der Waals surface area contributed by atoms with E-state index >= 15 is 0 Å². The van der Waals surface area contributed by atoms with Crippen LogP contribution in [0.25, 0.3) is 0 Å². The molecule has 2 aromatic rings. The zero-order chi connectivity index (χ0) is 20.1. The zero-order valence-electron chi connectivity index (χ0n) is 17.1. The van der Waals surface area contributed by atoms with Gasteiger partial charge in [0.2, 0.25) is 0 Å². The molecule has 2 rings (SSSR count). The molecule has 2 aromatic carbocycles. The third kappa shape index (κ3) is 5.55. The van der Waals surface area contributed by atoms with Crippen LogP contribution < -0.4 is 10.4 Å². The summed E-state index contributed by atoms with van der Waals surface area (Å²) in [5, 5.41) is 2.04. The summed E-state index contributed by atoms with van der Waals surface area (Å²) in [6.45, 7) is 13.2. The molecule has 0 radical (unpaired) electrons. The Morgan fingerprint density at radius 3 is 1.74 bits per heavy atom. The van der Waals surface area contributed by atoms with Gasteiger partial charge in [0.25, 0.3) is 8.32 Å². The first-order valence-corrected chi connectivity index (χ1v) is 12.8. The summed E-state index contributed by atoms with van der Waals surface area (Å²) in [4.78, 5) is 12.2. The van der Waals surface area contributed by atoms with Crippen LogP contribution in [0.4, 0.5) is 0 Å². The minimum atomic E-state index is -2.88. The van der Waals surface area contributed by atoms with Gasteiger partial charge >= 0.3 is 0 Å². The van der Waals surface area contributed by atoms with Crippen molar-refractivity contribution in [3.63, 3.8) is 0 Å². The van der Waals surface area contributed by atoms with E-state index in [9.17, 15) is 4.80 Å². The first-order chi connectivity index (χ1) is 12.6. The first kappa shape index (κ1) is 22.4. The van der Waals surface area contributed by atoms with Crippen LogP contribution in [0.1, 0.15) is 53.4 Å². The smallest absolute Gasteiger partial charge is 0.258 e. The number of hydrogen-bond donors (Lipinski definition) is 1. The molecule has 0 saturated carbocycles. The van der Waals surface area contributed by atoms with Gasteiger partial charge in [0.15, 0.2) is 0 Å². The molecule has 0 unspecified atom stereocenters. The Bertz CT molecular complexity index is 698. The molecular weight excluding hydrogens is 459 g/mol. The van der Waals surface area contributed by atoms with Gasteiger partial charge in [-0.1, -0.05) is 101 Å². The molecule has 0 bridgehead atoms. The SMILES string of the molecule is C=C(I)CC(C)(C)CCCC(C)(C)[Si](O)(c1ccccc1)c1ccccc1. The van der Waals surface area contributed by atoms with Crippen LogP contribution >= 0.6 is 22.6 Å². The molecule has 0 aromatic heterocycles. The Hall–Kier alpha value is -0.913. The standard InChI is InChI=1S/C24H33IOSi/c1-20(25)19-23(2,3)17-12-18-24(4,5)27(26,21-13-8-6-9-14-21)22-15-10-7-11-16-22/h6-11,13-16,26H,1,12,17-19H2,2-5H3. The van der Waals surface area contributed by atoms with Crippen molar-refractivity contribution in [1.82, 2.24) is 0 Å². The van der Waals surface area contributed by atoms with Crippen molar-refractivity contribution < 1.29 is 4.80 Å². The topological polar surface area (TPSA) is 20.2 Å². The molecule has 0 spiro atoms. The molecule has 0 aliphatic carbocycles. The van der Waals surface area contributed by atoms with Gasteiger partial charge in [-0.15, -0.1) is 0 Å². The molecule has 0 atom stereocenters. The highest BCUT2D eigenvalue weighted by atomic mass is 127. The van der Waals surface area contributed by atoms with Crippen molar-refractivity contribution in [2.75, 3.05) is 0 Å². The Balaban J connectivity index is 2.28. The summed E-state index contributed by atoms with van der Waals surface area (Å²) in [5.41, 5.74) is 0.257. The van der Waals surface area contributed by atoms with E-state index in [0.29, 0.717) is 0 Å². The lowest BCUT2D eigenvalue weighted by Crippen LogP contribution is -2.65. The number of halogens is 1. The maximum atomic E-state index is 12.2. The van der Waals surface area contributed by atoms with Gasteiger partial charge in [-0.25, -0.2) is 0 Å². The fourth-order valence-electron chi connectivity index (χ4n) is 4.10. The maximum absolute atomic E-state index is 12.2. The van der Waals surface area contributed by atoms with Crippen molar-refractivity contribution >= 4 is 41.3 Å². The fraction of sp³-hybridized carbons (Fsp3) is 0.417. The molecule has 0 aliphatic heterocycles. The number of rotatable bonds is 9.